The second-order valence-electron chi connectivity index (χ2n) is 7.85. The van der Waals surface area contributed by atoms with Crippen LogP contribution in [0, 0.1) is 11.3 Å². The summed E-state index contributed by atoms with van der Waals surface area (Å²) in [6.07, 6.45) is 3.60. The van der Waals surface area contributed by atoms with E-state index >= 15 is 0 Å². The Balaban J connectivity index is 1.20. The molecule has 2 aromatic heterocycles. The summed E-state index contributed by atoms with van der Waals surface area (Å²) in [6, 6.07) is 20.4. The molecule has 2 aromatic carbocycles. The summed E-state index contributed by atoms with van der Waals surface area (Å²) in [5, 5.41) is 15.8. The Morgan fingerprint density at radius 2 is 1.62 bits per heavy atom. The third kappa shape index (κ3) is 5.04. The van der Waals surface area contributed by atoms with E-state index in [1.165, 1.54) is 22.5 Å². The fourth-order valence-corrected chi connectivity index (χ4v) is 4.61. The second kappa shape index (κ2) is 10.4. The van der Waals surface area contributed by atoms with Crippen molar-refractivity contribution in [3.63, 3.8) is 0 Å². The molecule has 0 amide bonds. The molecule has 1 N–H and O–H groups in total. The van der Waals surface area contributed by atoms with Crippen molar-refractivity contribution in [2.24, 2.45) is 0 Å². The first kappa shape index (κ1) is 22.0. The van der Waals surface area contributed by atoms with Gasteiger partial charge in [0.1, 0.15) is 31.5 Å². The van der Waals surface area contributed by atoms with Crippen molar-refractivity contribution < 1.29 is 14.2 Å². The molecule has 6 nitrogen and oxygen atoms in total. The monoisotopic (exact) mass is 469 g/mol. The van der Waals surface area contributed by atoms with E-state index in [9.17, 15) is 5.26 Å². The average Bonchev–Trinajstić information content (AvgIpc) is 3.31. The predicted octanol–water partition coefficient (Wildman–Crippen LogP) is 5.32. The van der Waals surface area contributed by atoms with Crippen LogP contribution in [-0.2, 0) is 19.7 Å². The van der Waals surface area contributed by atoms with E-state index in [1.807, 2.05) is 35.7 Å². The van der Waals surface area contributed by atoms with Gasteiger partial charge in [0.15, 0.2) is 16.6 Å². The van der Waals surface area contributed by atoms with Gasteiger partial charge in [0, 0.05) is 36.4 Å². The van der Waals surface area contributed by atoms with Crippen molar-refractivity contribution in [3.8, 4) is 33.8 Å². The maximum atomic E-state index is 9.80. The number of hydrogen-bond acceptors (Lipinski definition) is 7. The van der Waals surface area contributed by atoms with Gasteiger partial charge in [-0.2, -0.15) is 5.26 Å². The van der Waals surface area contributed by atoms with E-state index < -0.39 is 0 Å². The van der Waals surface area contributed by atoms with Crippen LogP contribution in [0.3, 0.4) is 0 Å². The van der Waals surface area contributed by atoms with E-state index in [1.54, 1.807) is 12.4 Å². The van der Waals surface area contributed by atoms with Crippen molar-refractivity contribution in [2.45, 2.75) is 19.7 Å². The van der Waals surface area contributed by atoms with Crippen LogP contribution in [0.25, 0.3) is 11.1 Å². The van der Waals surface area contributed by atoms with Crippen molar-refractivity contribution in [1.82, 2.24) is 10.3 Å². The molecule has 0 fully saturated rings. The number of nitrogens with zero attached hydrogens (tertiary/aromatic N) is 2. The van der Waals surface area contributed by atoms with Crippen LogP contribution in [0.4, 0.5) is 0 Å². The number of nitriles is 1. The van der Waals surface area contributed by atoms with Gasteiger partial charge in [-0.05, 0) is 46.5 Å². The third-order valence-corrected chi connectivity index (χ3v) is 6.41. The Labute approximate surface area is 202 Å². The molecule has 34 heavy (non-hydrogen) atoms. The molecular weight excluding hydrogens is 446 g/mol. The summed E-state index contributed by atoms with van der Waals surface area (Å²) in [6.45, 7) is 3.06. The van der Waals surface area contributed by atoms with Crippen LogP contribution in [0.2, 0.25) is 0 Å². The predicted molar refractivity (Wildman–Crippen MR) is 131 cm³/mol. The average molecular weight is 470 g/mol. The molecule has 5 rings (SSSR count). The fourth-order valence-electron chi connectivity index (χ4n) is 3.73. The topological polar surface area (TPSA) is 76.4 Å². The van der Waals surface area contributed by atoms with Crippen LogP contribution in [-0.4, -0.2) is 18.2 Å². The number of fused-ring (bicyclic) bond motifs is 1. The maximum absolute atomic E-state index is 9.80. The molecule has 0 radical (unpaired) electrons. The Hall–Kier alpha value is -3.86. The molecule has 1 aliphatic heterocycles. The molecule has 0 aliphatic carbocycles. The first-order valence-corrected chi connectivity index (χ1v) is 11.9. The molecular formula is C27H23N3O3S. The molecule has 7 heteroatoms. The van der Waals surface area contributed by atoms with Gasteiger partial charge in [-0.25, -0.2) is 0 Å². The zero-order valence-electron chi connectivity index (χ0n) is 18.5. The highest BCUT2D eigenvalue weighted by atomic mass is 32.1. The molecule has 0 atom stereocenters. The molecule has 0 spiro atoms. The van der Waals surface area contributed by atoms with Crippen LogP contribution in [0.5, 0.6) is 16.6 Å². The number of ether oxygens (including phenoxy) is 3. The summed E-state index contributed by atoms with van der Waals surface area (Å²) in [4.78, 5) is 4.04. The van der Waals surface area contributed by atoms with Crippen LogP contribution < -0.4 is 19.5 Å². The lowest BCUT2D eigenvalue weighted by Crippen LogP contribution is -2.15. The van der Waals surface area contributed by atoms with Crippen LogP contribution >= 0.6 is 11.3 Å². The minimum absolute atomic E-state index is 0.403. The van der Waals surface area contributed by atoms with Gasteiger partial charge in [-0.1, -0.05) is 30.3 Å². The van der Waals surface area contributed by atoms with E-state index in [-0.39, 0.29) is 0 Å². The summed E-state index contributed by atoms with van der Waals surface area (Å²) >= 11 is 1.43. The smallest absolute Gasteiger partial charge is 0.192 e. The third-order valence-electron chi connectivity index (χ3n) is 5.52. The summed E-state index contributed by atoms with van der Waals surface area (Å²) in [5.74, 6) is 1.44. The van der Waals surface area contributed by atoms with E-state index in [2.05, 4.69) is 40.6 Å². The standard InChI is InChI=1S/C27H23N3O3S/c28-14-23-24(22-5-6-25-26(13-22)32-12-11-31-25)18-34-27(23)33-17-21-3-1-19(2-4-21)15-30-16-20-7-9-29-10-8-20/h1-10,13,18,30H,11-12,15-17H2. The normalized spacial score (nSPS) is 12.2. The molecule has 1 aliphatic rings. The molecule has 3 heterocycles. The van der Waals surface area contributed by atoms with Gasteiger partial charge in [-0.3, -0.25) is 4.98 Å². The molecule has 4 aromatic rings. The quantitative estimate of drug-likeness (QED) is 0.376. The number of pyridine rings is 1. The molecule has 0 bridgehead atoms. The second-order valence-corrected chi connectivity index (χ2v) is 8.69. The lowest BCUT2D eigenvalue weighted by molar-refractivity contribution is 0.171. The first-order valence-electron chi connectivity index (χ1n) is 11.0. The zero-order chi connectivity index (χ0) is 23.2. The van der Waals surface area contributed by atoms with Gasteiger partial charge in [-0.15, -0.1) is 11.3 Å². The zero-order valence-corrected chi connectivity index (χ0v) is 19.3. The molecule has 0 unspecified atom stereocenters. The number of thiophene rings is 1. The first-order chi connectivity index (χ1) is 16.8. The molecule has 0 saturated heterocycles. The number of aromatic nitrogens is 1. The Morgan fingerprint density at radius 1 is 0.912 bits per heavy atom. The van der Waals surface area contributed by atoms with Gasteiger partial charge < -0.3 is 19.5 Å². The molecule has 0 saturated carbocycles. The van der Waals surface area contributed by atoms with E-state index in [0.717, 1.165) is 35.5 Å². The minimum atomic E-state index is 0.403. The number of hydrogen-bond donors (Lipinski definition) is 1. The molecule has 170 valence electrons. The Bertz CT molecular complexity index is 1300. The fraction of sp³-hybridized carbons (Fsp3) is 0.185. The minimum Gasteiger partial charge on any atom is -0.486 e. The summed E-state index contributed by atoms with van der Waals surface area (Å²) in [7, 11) is 0. The number of benzene rings is 2. The summed E-state index contributed by atoms with van der Waals surface area (Å²) < 4.78 is 17.3. The highest BCUT2D eigenvalue weighted by Gasteiger charge is 2.18. The van der Waals surface area contributed by atoms with Gasteiger partial charge in [0.2, 0.25) is 0 Å². The van der Waals surface area contributed by atoms with E-state index in [4.69, 9.17) is 14.2 Å². The van der Waals surface area contributed by atoms with E-state index in [0.29, 0.717) is 36.2 Å². The van der Waals surface area contributed by atoms with Crippen LogP contribution in [0.15, 0.2) is 72.4 Å². The Kier molecular flexibility index (Phi) is 6.71. The summed E-state index contributed by atoms with van der Waals surface area (Å²) in [5.41, 5.74) is 5.76. The lowest BCUT2D eigenvalue weighted by Gasteiger charge is -2.18. The van der Waals surface area contributed by atoms with Crippen molar-refractivity contribution in [1.29, 1.82) is 5.26 Å². The highest BCUT2D eigenvalue weighted by molar-refractivity contribution is 7.12. The highest BCUT2D eigenvalue weighted by Crippen LogP contribution is 2.40. The SMILES string of the molecule is N#Cc1c(-c2ccc3c(c2)OCCO3)csc1OCc1ccc(CNCc2ccncc2)cc1. The van der Waals surface area contributed by atoms with Gasteiger partial charge in [0.25, 0.3) is 0 Å². The number of rotatable bonds is 8. The van der Waals surface area contributed by atoms with Crippen molar-refractivity contribution in [2.75, 3.05) is 13.2 Å². The van der Waals surface area contributed by atoms with Crippen molar-refractivity contribution >= 4 is 11.3 Å². The van der Waals surface area contributed by atoms with Gasteiger partial charge >= 0.3 is 0 Å². The number of nitrogens with one attached hydrogen (secondary N) is 1. The Morgan fingerprint density at radius 3 is 2.38 bits per heavy atom. The van der Waals surface area contributed by atoms with Crippen LogP contribution in [0.1, 0.15) is 22.3 Å². The van der Waals surface area contributed by atoms with Gasteiger partial charge in [0.05, 0.1) is 0 Å². The lowest BCUT2D eigenvalue weighted by atomic mass is 10.0. The van der Waals surface area contributed by atoms with Crippen molar-refractivity contribution in [3.05, 3.63) is 94.6 Å². The maximum Gasteiger partial charge on any atom is 0.192 e. The largest absolute Gasteiger partial charge is 0.486 e.